The molecular formula is C18H19NO4. The van der Waals surface area contributed by atoms with Gasteiger partial charge < -0.3 is 14.7 Å². The largest absolute Gasteiger partial charge is 0.466 e. The third kappa shape index (κ3) is 5.14. The first-order valence-corrected chi connectivity index (χ1v) is 7.43. The van der Waals surface area contributed by atoms with Crippen molar-refractivity contribution in [1.82, 2.24) is 0 Å². The molecule has 0 aliphatic rings. The fourth-order valence-electron chi connectivity index (χ4n) is 2.05. The van der Waals surface area contributed by atoms with Gasteiger partial charge in [0.05, 0.1) is 18.7 Å². The van der Waals surface area contributed by atoms with Gasteiger partial charge in [0.15, 0.2) is 0 Å². The Morgan fingerprint density at radius 1 is 1.00 bits per heavy atom. The molecule has 0 heterocycles. The Kier molecular flexibility index (Phi) is 6.17. The second-order valence-corrected chi connectivity index (χ2v) is 4.79. The number of carbonyl (C=O) groups is 1. The van der Waals surface area contributed by atoms with Crippen LogP contribution in [0.25, 0.3) is 0 Å². The summed E-state index contributed by atoms with van der Waals surface area (Å²) in [6.45, 7) is 2.10. The molecule has 0 aliphatic heterocycles. The second-order valence-electron chi connectivity index (χ2n) is 4.79. The topological polar surface area (TPSA) is 68.1 Å². The van der Waals surface area contributed by atoms with Crippen molar-refractivity contribution >= 4 is 11.7 Å². The van der Waals surface area contributed by atoms with E-state index in [4.69, 9.17) is 14.7 Å². The Morgan fingerprint density at radius 2 is 1.65 bits per heavy atom. The zero-order chi connectivity index (χ0) is 16.5. The number of para-hydroxylation sites is 1. The van der Waals surface area contributed by atoms with Gasteiger partial charge in [-0.2, -0.15) is 0 Å². The van der Waals surface area contributed by atoms with Gasteiger partial charge in [0, 0.05) is 6.42 Å². The highest BCUT2D eigenvalue weighted by atomic mass is 16.5. The number of nitrogens with zero attached hydrogens (tertiary/aromatic N) is 1. The number of rotatable bonds is 7. The van der Waals surface area contributed by atoms with Crippen LogP contribution in [0, 0.1) is 0 Å². The lowest BCUT2D eigenvalue weighted by Gasteiger charge is -2.08. The van der Waals surface area contributed by atoms with Crippen LogP contribution in [0.5, 0.6) is 11.5 Å². The van der Waals surface area contributed by atoms with Gasteiger partial charge >= 0.3 is 5.97 Å². The summed E-state index contributed by atoms with van der Waals surface area (Å²) < 4.78 is 10.6. The Morgan fingerprint density at radius 3 is 2.26 bits per heavy atom. The summed E-state index contributed by atoms with van der Waals surface area (Å²) in [6, 6.07) is 16.6. The van der Waals surface area contributed by atoms with Crippen LogP contribution < -0.4 is 4.74 Å². The predicted octanol–water partition coefficient (Wildman–Crippen LogP) is 4.00. The van der Waals surface area contributed by atoms with Gasteiger partial charge in [-0.25, -0.2) is 0 Å². The molecule has 5 nitrogen and oxygen atoms in total. The first-order valence-electron chi connectivity index (χ1n) is 7.43. The van der Waals surface area contributed by atoms with Crippen LogP contribution in [0.15, 0.2) is 59.8 Å². The zero-order valence-electron chi connectivity index (χ0n) is 12.9. The van der Waals surface area contributed by atoms with E-state index >= 15 is 0 Å². The minimum absolute atomic E-state index is 0.176. The maximum absolute atomic E-state index is 11.4. The average molecular weight is 313 g/mol. The van der Waals surface area contributed by atoms with E-state index in [2.05, 4.69) is 5.16 Å². The van der Waals surface area contributed by atoms with Gasteiger partial charge in [0.2, 0.25) is 0 Å². The standard InChI is InChI=1S/C18H19NO4/c1-2-22-18(20)13-12-17(19-21)14-8-10-16(11-9-14)23-15-6-4-3-5-7-15/h3-11,21H,2,12-13H2,1H3/b19-17-. The molecule has 0 aromatic heterocycles. The Balaban J connectivity index is 1.98. The maximum Gasteiger partial charge on any atom is 0.306 e. The first-order chi connectivity index (χ1) is 11.2. The van der Waals surface area contributed by atoms with Crippen LogP contribution >= 0.6 is 0 Å². The van der Waals surface area contributed by atoms with Gasteiger partial charge in [0.1, 0.15) is 11.5 Å². The summed E-state index contributed by atoms with van der Waals surface area (Å²) in [6.07, 6.45) is 0.490. The summed E-state index contributed by atoms with van der Waals surface area (Å²) in [5.74, 6) is 1.12. The van der Waals surface area contributed by atoms with Crippen LogP contribution in [0.2, 0.25) is 0 Å². The summed E-state index contributed by atoms with van der Waals surface area (Å²) in [4.78, 5) is 11.4. The molecule has 5 heteroatoms. The van der Waals surface area contributed by atoms with Crippen molar-refractivity contribution in [2.45, 2.75) is 19.8 Å². The lowest BCUT2D eigenvalue weighted by molar-refractivity contribution is -0.142. The van der Waals surface area contributed by atoms with Gasteiger partial charge in [-0.15, -0.1) is 0 Å². The highest BCUT2D eigenvalue weighted by Crippen LogP contribution is 2.21. The molecule has 0 saturated heterocycles. The van der Waals surface area contributed by atoms with Crippen LogP contribution in [-0.2, 0) is 9.53 Å². The molecule has 0 atom stereocenters. The minimum atomic E-state index is -0.308. The summed E-state index contributed by atoms with van der Waals surface area (Å²) in [5.41, 5.74) is 1.17. The van der Waals surface area contributed by atoms with E-state index in [0.29, 0.717) is 24.5 Å². The molecule has 0 amide bonds. The maximum atomic E-state index is 11.4. The SMILES string of the molecule is CCOC(=O)CC/C(=N/O)c1ccc(Oc2ccccc2)cc1. The fraction of sp³-hybridized carbons (Fsp3) is 0.222. The molecule has 2 aromatic rings. The number of ether oxygens (including phenoxy) is 2. The molecule has 0 spiro atoms. The molecule has 0 aliphatic carbocycles. The van der Waals surface area contributed by atoms with E-state index in [9.17, 15) is 4.79 Å². The molecule has 0 radical (unpaired) electrons. The van der Waals surface area contributed by atoms with Crippen molar-refractivity contribution in [3.63, 3.8) is 0 Å². The average Bonchev–Trinajstić information content (AvgIpc) is 2.58. The quantitative estimate of drug-likeness (QED) is 0.363. The number of hydrogen-bond donors (Lipinski definition) is 1. The third-order valence-corrected chi connectivity index (χ3v) is 3.16. The zero-order valence-corrected chi connectivity index (χ0v) is 12.9. The number of hydrogen-bond acceptors (Lipinski definition) is 5. The number of benzene rings is 2. The molecule has 0 fully saturated rings. The van der Waals surface area contributed by atoms with Crippen LogP contribution in [0.1, 0.15) is 25.3 Å². The fourth-order valence-corrected chi connectivity index (χ4v) is 2.05. The van der Waals surface area contributed by atoms with Gasteiger partial charge in [-0.3, -0.25) is 4.79 Å². The molecule has 0 bridgehead atoms. The van der Waals surface area contributed by atoms with E-state index in [-0.39, 0.29) is 12.4 Å². The normalized spacial score (nSPS) is 11.1. The Hall–Kier alpha value is -2.82. The molecule has 0 unspecified atom stereocenters. The highest BCUT2D eigenvalue weighted by molar-refractivity contribution is 6.01. The number of oxime groups is 1. The Labute approximate surface area is 135 Å². The van der Waals surface area contributed by atoms with Crippen molar-refractivity contribution in [3.05, 3.63) is 60.2 Å². The molecule has 2 rings (SSSR count). The third-order valence-electron chi connectivity index (χ3n) is 3.16. The minimum Gasteiger partial charge on any atom is -0.466 e. The van der Waals surface area contributed by atoms with Crippen molar-refractivity contribution < 1.29 is 19.5 Å². The highest BCUT2D eigenvalue weighted by Gasteiger charge is 2.09. The van der Waals surface area contributed by atoms with E-state index in [0.717, 1.165) is 11.3 Å². The van der Waals surface area contributed by atoms with Crippen molar-refractivity contribution in [2.75, 3.05) is 6.61 Å². The molecular weight excluding hydrogens is 294 g/mol. The van der Waals surface area contributed by atoms with Crippen molar-refractivity contribution in [1.29, 1.82) is 0 Å². The number of carbonyl (C=O) groups excluding carboxylic acids is 1. The van der Waals surface area contributed by atoms with Crippen LogP contribution in [0.4, 0.5) is 0 Å². The second kappa shape index (κ2) is 8.58. The van der Waals surface area contributed by atoms with Crippen molar-refractivity contribution in [2.24, 2.45) is 5.16 Å². The van der Waals surface area contributed by atoms with Gasteiger partial charge in [-0.05, 0) is 48.9 Å². The molecule has 1 N–H and O–H groups in total. The molecule has 23 heavy (non-hydrogen) atoms. The predicted molar refractivity (Wildman–Crippen MR) is 87.1 cm³/mol. The molecule has 2 aromatic carbocycles. The summed E-state index contributed by atoms with van der Waals surface area (Å²) in [5, 5.41) is 12.4. The first kappa shape index (κ1) is 16.5. The van der Waals surface area contributed by atoms with Crippen LogP contribution in [-0.4, -0.2) is 23.5 Å². The Bertz CT molecular complexity index is 650. The summed E-state index contributed by atoms with van der Waals surface area (Å²) >= 11 is 0. The molecule has 0 saturated carbocycles. The van der Waals surface area contributed by atoms with Gasteiger partial charge in [-0.1, -0.05) is 23.4 Å². The van der Waals surface area contributed by atoms with E-state index in [1.807, 2.05) is 30.3 Å². The van der Waals surface area contributed by atoms with E-state index in [1.165, 1.54) is 0 Å². The van der Waals surface area contributed by atoms with Gasteiger partial charge in [0.25, 0.3) is 0 Å². The van der Waals surface area contributed by atoms with Crippen LogP contribution in [0.3, 0.4) is 0 Å². The van der Waals surface area contributed by atoms with Crippen molar-refractivity contribution in [3.8, 4) is 11.5 Å². The number of esters is 1. The lowest BCUT2D eigenvalue weighted by atomic mass is 10.1. The molecule has 120 valence electrons. The van der Waals surface area contributed by atoms with E-state index in [1.54, 1.807) is 31.2 Å². The van der Waals surface area contributed by atoms with E-state index < -0.39 is 0 Å². The monoisotopic (exact) mass is 313 g/mol. The smallest absolute Gasteiger partial charge is 0.306 e. The summed E-state index contributed by atoms with van der Waals surface area (Å²) in [7, 11) is 0. The lowest BCUT2D eigenvalue weighted by Crippen LogP contribution is -2.08.